The van der Waals surface area contributed by atoms with E-state index in [1.165, 1.54) is 0 Å². The number of nitrogens with one attached hydrogen (secondary N) is 1. The van der Waals surface area contributed by atoms with Crippen LogP contribution in [0.5, 0.6) is 5.75 Å². The molecular formula is C11H17NO3S. The van der Waals surface area contributed by atoms with Crippen LogP contribution in [0.3, 0.4) is 0 Å². The van der Waals surface area contributed by atoms with E-state index < -0.39 is 10.0 Å². The maximum absolute atomic E-state index is 11.2. The fourth-order valence-electron chi connectivity index (χ4n) is 1.26. The molecule has 0 amide bonds. The number of rotatable bonds is 5. The summed E-state index contributed by atoms with van der Waals surface area (Å²) in [5.74, 6) is 0.567. The van der Waals surface area contributed by atoms with Gasteiger partial charge in [0.05, 0.1) is 18.6 Å². The van der Waals surface area contributed by atoms with Gasteiger partial charge in [0.1, 0.15) is 5.75 Å². The minimum absolute atomic E-state index is 0.496. The summed E-state index contributed by atoms with van der Waals surface area (Å²) in [5, 5.41) is 0. The van der Waals surface area contributed by atoms with Gasteiger partial charge >= 0.3 is 0 Å². The molecule has 0 heterocycles. The van der Waals surface area contributed by atoms with Gasteiger partial charge < -0.3 is 4.74 Å². The summed E-state index contributed by atoms with van der Waals surface area (Å²) in [6, 6.07) is 5.42. The highest BCUT2D eigenvalue weighted by Gasteiger charge is 2.08. The normalized spacial score (nSPS) is 11.2. The fourth-order valence-corrected chi connectivity index (χ4v) is 1.82. The van der Waals surface area contributed by atoms with E-state index in [0.29, 0.717) is 18.0 Å². The number of anilines is 1. The minimum atomic E-state index is -3.27. The van der Waals surface area contributed by atoms with Gasteiger partial charge in [0.2, 0.25) is 10.0 Å². The lowest BCUT2D eigenvalue weighted by Crippen LogP contribution is -2.11. The molecule has 0 radical (unpaired) electrons. The van der Waals surface area contributed by atoms with Crippen LogP contribution < -0.4 is 9.46 Å². The predicted octanol–water partition coefficient (Wildman–Crippen LogP) is 2.16. The summed E-state index contributed by atoms with van der Waals surface area (Å²) < 4.78 is 30.2. The van der Waals surface area contributed by atoms with Crippen molar-refractivity contribution in [1.82, 2.24) is 0 Å². The average Bonchev–Trinajstić information content (AvgIpc) is 2.14. The summed E-state index contributed by atoms with van der Waals surface area (Å²) in [7, 11) is -3.27. The van der Waals surface area contributed by atoms with Gasteiger partial charge in [-0.25, -0.2) is 8.42 Å². The van der Waals surface area contributed by atoms with Gasteiger partial charge in [-0.1, -0.05) is 13.0 Å². The Morgan fingerprint density at radius 1 is 1.38 bits per heavy atom. The monoisotopic (exact) mass is 243 g/mol. The van der Waals surface area contributed by atoms with Crippen molar-refractivity contribution in [2.45, 2.75) is 20.3 Å². The average molecular weight is 243 g/mol. The zero-order valence-corrected chi connectivity index (χ0v) is 10.6. The van der Waals surface area contributed by atoms with Crippen molar-refractivity contribution in [3.05, 3.63) is 23.8 Å². The van der Waals surface area contributed by atoms with Gasteiger partial charge in [0.25, 0.3) is 0 Å². The van der Waals surface area contributed by atoms with E-state index in [-0.39, 0.29) is 0 Å². The minimum Gasteiger partial charge on any atom is -0.491 e. The molecule has 0 unspecified atom stereocenters. The molecule has 0 fully saturated rings. The molecule has 1 aromatic rings. The van der Waals surface area contributed by atoms with E-state index in [0.717, 1.165) is 18.2 Å². The first-order valence-corrected chi connectivity index (χ1v) is 7.03. The Labute approximate surface area is 96.7 Å². The Morgan fingerprint density at radius 2 is 2.06 bits per heavy atom. The smallest absolute Gasteiger partial charge is 0.229 e. The fraction of sp³-hybridized carbons (Fsp3) is 0.455. The lowest BCUT2D eigenvalue weighted by Gasteiger charge is -2.12. The number of ether oxygens (including phenoxy) is 1. The van der Waals surface area contributed by atoms with Crippen molar-refractivity contribution in [3.8, 4) is 5.75 Å². The summed E-state index contributed by atoms with van der Waals surface area (Å²) in [6.07, 6.45) is 2.01. The highest BCUT2D eigenvalue weighted by atomic mass is 32.2. The third-order valence-electron chi connectivity index (χ3n) is 1.89. The molecule has 5 heteroatoms. The van der Waals surface area contributed by atoms with Crippen molar-refractivity contribution in [3.63, 3.8) is 0 Å². The zero-order chi connectivity index (χ0) is 12.2. The highest BCUT2D eigenvalue weighted by molar-refractivity contribution is 7.92. The van der Waals surface area contributed by atoms with Gasteiger partial charge in [-0.3, -0.25) is 4.72 Å². The molecule has 0 atom stereocenters. The summed E-state index contributed by atoms with van der Waals surface area (Å²) in [4.78, 5) is 0. The number of hydrogen-bond acceptors (Lipinski definition) is 3. The molecular weight excluding hydrogens is 226 g/mol. The molecule has 1 aromatic carbocycles. The van der Waals surface area contributed by atoms with Crippen LogP contribution in [0.4, 0.5) is 5.69 Å². The molecule has 4 nitrogen and oxygen atoms in total. The molecule has 0 aliphatic carbocycles. The van der Waals surface area contributed by atoms with Crippen LogP contribution in [0.2, 0.25) is 0 Å². The first-order valence-electron chi connectivity index (χ1n) is 5.13. The maximum Gasteiger partial charge on any atom is 0.229 e. The van der Waals surface area contributed by atoms with Crippen LogP contribution in [0.1, 0.15) is 18.9 Å². The first kappa shape index (κ1) is 12.8. The van der Waals surface area contributed by atoms with E-state index in [2.05, 4.69) is 4.72 Å². The molecule has 0 saturated carbocycles. The Kier molecular flexibility index (Phi) is 4.18. The van der Waals surface area contributed by atoms with Crippen molar-refractivity contribution < 1.29 is 13.2 Å². The summed E-state index contributed by atoms with van der Waals surface area (Å²) in [5.41, 5.74) is 1.48. The predicted molar refractivity (Wildman–Crippen MR) is 65.4 cm³/mol. The van der Waals surface area contributed by atoms with Gasteiger partial charge in [-0.05, 0) is 31.0 Å². The van der Waals surface area contributed by atoms with Gasteiger partial charge in [0, 0.05) is 0 Å². The van der Waals surface area contributed by atoms with Crippen LogP contribution in [0.25, 0.3) is 0 Å². The Morgan fingerprint density at radius 3 is 2.62 bits per heavy atom. The van der Waals surface area contributed by atoms with E-state index in [1.807, 2.05) is 19.9 Å². The number of benzene rings is 1. The Balaban J connectivity index is 2.98. The molecule has 1 rings (SSSR count). The van der Waals surface area contributed by atoms with E-state index >= 15 is 0 Å². The summed E-state index contributed by atoms with van der Waals surface area (Å²) >= 11 is 0. The largest absolute Gasteiger partial charge is 0.491 e. The second-order valence-electron chi connectivity index (χ2n) is 3.72. The van der Waals surface area contributed by atoms with Crippen molar-refractivity contribution >= 4 is 15.7 Å². The van der Waals surface area contributed by atoms with Crippen LogP contribution in [-0.2, 0) is 10.0 Å². The molecule has 0 aliphatic heterocycles. The van der Waals surface area contributed by atoms with Gasteiger partial charge in [0.15, 0.2) is 0 Å². The van der Waals surface area contributed by atoms with Crippen LogP contribution in [0, 0.1) is 6.92 Å². The van der Waals surface area contributed by atoms with Crippen LogP contribution in [0.15, 0.2) is 18.2 Å². The van der Waals surface area contributed by atoms with Crippen molar-refractivity contribution in [2.75, 3.05) is 17.6 Å². The van der Waals surface area contributed by atoms with E-state index in [1.54, 1.807) is 12.1 Å². The van der Waals surface area contributed by atoms with Crippen LogP contribution in [-0.4, -0.2) is 21.3 Å². The quantitative estimate of drug-likeness (QED) is 0.862. The standard InChI is InChI=1S/C11H17NO3S/c1-4-7-15-11-6-5-9(2)8-10(11)12-16(3,13)14/h5-6,8,12H,4,7H2,1-3H3. The van der Waals surface area contributed by atoms with Gasteiger partial charge in [-0.15, -0.1) is 0 Å². The molecule has 0 aliphatic rings. The topological polar surface area (TPSA) is 55.4 Å². The third kappa shape index (κ3) is 4.10. The second kappa shape index (κ2) is 5.21. The van der Waals surface area contributed by atoms with Crippen LogP contribution >= 0.6 is 0 Å². The lowest BCUT2D eigenvalue weighted by atomic mass is 10.2. The zero-order valence-electron chi connectivity index (χ0n) is 9.78. The van der Waals surface area contributed by atoms with E-state index in [9.17, 15) is 8.42 Å². The molecule has 90 valence electrons. The SMILES string of the molecule is CCCOc1ccc(C)cc1NS(C)(=O)=O. The summed E-state index contributed by atoms with van der Waals surface area (Å²) in [6.45, 7) is 4.47. The molecule has 0 spiro atoms. The first-order chi connectivity index (χ1) is 7.42. The van der Waals surface area contributed by atoms with Crippen molar-refractivity contribution in [2.24, 2.45) is 0 Å². The molecule has 1 N–H and O–H groups in total. The van der Waals surface area contributed by atoms with Gasteiger partial charge in [-0.2, -0.15) is 0 Å². The molecule has 16 heavy (non-hydrogen) atoms. The van der Waals surface area contributed by atoms with Crippen molar-refractivity contribution in [1.29, 1.82) is 0 Å². The molecule has 0 aromatic heterocycles. The Hall–Kier alpha value is -1.23. The number of aryl methyl sites for hydroxylation is 1. The number of sulfonamides is 1. The molecule has 0 bridgehead atoms. The Bertz CT molecular complexity index is 454. The third-order valence-corrected chi connectivity index (χ3v) is 2.48. The highest BCUT2D eigenvalue weighted by Crippen LogP contribution is 2.26. The number of hydrogen-bond donors (Lipinski definition) is 1. The second-order valence-corrected chi connectivity index (χ2v) is 5.47. The maximum atomic E-state index is 11.2. The van der Waals surface area contributed by atoms with E-state index in [4.69, 9.17) is 4.74 Å². The lowest BCUT2D eigenvalue weighted by molar-refractivity contribution is 0.319. The molecule has 0 saturated heterocycles.